The van der Waals surface area contributed by atoms with Crippen molar-refractivity contribution in [2.45, 2.75) is 37.4 Å². The van der Waals surface area contributed by atoms with E-state index in [0.717, 1.165) is 6.42 Å². The lowest BCUT2D eigenvalue weighted by atomic mass is 9.86. The zero-order valence-electron chi connectivity index (χ0n) is 16.7. The van der Waals surface area contributed by atoms with E-state index in [4.69, 9.17) is 9.47 Å². The summed E-state index contributed by atoms with van der Waals surface area (Å²) in [4.78, 5) is 25.6. The van der Waals surface area contributed by atoms with Gasteiger partial charge in [0.2, 0.25) is 0 Å². The third-order valence-corrected chi connectivity index (χ3v) is 6.17. The van der Waals surface area contributed by atoms with E-state index in [1.54, 1.807) is 24.3 Å². The SMILES string of the molecule is Cc1ccc2c(c1)C1CC2C(OC(=O)c2ccccc2)C1OC(=O)c1ccccc1. The number of hydrogen-bond acceptors (Lipinski definition) is 4. The van der Waals surface area contributed by atoms with Crippen molar-refractivity contribution in [3.8, 4) is 0 Å². The van der Waals surface area contributed by atoms with Crippen molar-refractivity contribution >= 4 is 11.9 Å². The second kappa shape index (κ2) is 7.45. The minimum absolute atomic E-state index is 0.0335. The molecule has 5 rings (SSSR count). The van der Waals surface area contributed by atoms with E-state index in [2.05, 4.69) is 25.1 Å². The monoisotopic (exact) mass is 398 g/mol. The van der Waals surface area contributed by atoms with Gasteiger partial charge in [-0.2, -0.15) is 0 Å². The Labute approximate surface area is 175 Å². The average Bonchev–Trinajstić information content (AvgIpc) is 3.31. The molecular formula is C26H22O4. The molecule has 4 heteroatoms. The molecule has 0 amide bonds. The number of aryl methyl sites for hydroxylation is 1. The third-order valence-electron chi connectivity index (χ3n) is 6.17. The molecule has 0 N–H and O–H groups in total. The average molecular weight is 398 g/mol. The number of rotatable bonds is 4. The number of benzene rings is 3. The Morgan fingerprint density at radius 2 is 1.20 bits per heavy atom. The number of ether oxygens (including phenoxy) is 2. The fraction of sp³-hybridized carbons (Fsp3) is 0.231. The Bertz CT molecular complexity index is 1090. The number of hydrogen-bond donors (Lipinski definition) is 0. The molecule has 3 aromatic carbocycles. The van der Waals surface area contributed by atoms with Crippen molar-refractivity contribution in [3.05, 3.63) is 107 Å². The van der Waals surface area contributed by atoms with Gasteiger partial charge in [0, 0.05) is 11.8 Å². The molecule has 3 aromatic rings. The maximum Gasteiger partial charge on any atom is 0.338 e. The van der Waals surface area contributed by atoms with Gasteiger partial charge >= 0.3 is 11.9 Å². The van der Waals surface area contributed by atoms with Gasteiger partial charge in [-0.05, 0) is 48.7 Å². The summed E-state index contributed by atoms with van der Waals surface area (Å²) in [6, 6.07) is 24.3. The van der Waals surface area contributed by atoms with Crippen LogP contribution in [0, 0.1) is 6.92 Å². The molecule has 2 aliphatic carbocycles. The minimum atomic E-state index is -0.496. The molecule has 4 nitrogen and oxygen atoms in total. The summed E-state index contributed by atoms with van der Waals surface area (Å²) in [5.74, 6) is -0.705. The molecular weight excluding hydrogens is 376 g/mol. The van der Waals surface area contributed by atoms with Crippen molar-refractivity contribution in [1.82, 2.24) is 0 Å². The summed E-state index contributed by atoms with van der Waals surface area (Å²) in [7, 11) is 0. The van der Waals surface area contributed by atoms with E-state index in [1.807, 2.05) is 36.4 Å². The van der Waals surface area contributed by atoms with Crippen LogP contribution in [0.3, 0.4) is 0 Å². The maximum absolute atomic E-state index is 12.8. The van der Waals surface area contributed by atoms with Crippen LogP contribution in [0.15, 0.2) is 78.9 Å². The van der Waals surface area contributed by atoms with Crippen molar-refractivity contribution in [2.75, 3.05) is 0 Å². The summed E-state index contributed by atoms with van der Waals surface area (Å²) < 4.78 is 11.9. The highest BCUT2D eigenvalue weighted by Crippen LogP contribution is 2.55. The van der Waals surface area contributed by atoms with Gasteiger partial charge in [-0.15, -0.1) is 0 Å². The molecule has 1 saturated carbocycles. The van der Waals surface area contributed by atoms with Crippen LogP contribution < -0.4 is 0 Å². The maximum atomic E-state index is 12.8. The van der Waals surface area contributed by atoms with E-state index < -0.39 is 12.2 Å². The second-order valence-electron chi connectivity index (χ2n) is 8.05. The summed E-state index contributed by atoms with van der Waals surface area (Å²) >= 11 is 0. The van der Waals surface area contributed by atoms with Crippen molar-refractivity contribution in [3.63, 3.8) is 0 Å². The number of carbonyl (C=O) groups excluding carboxylic acids is 2. The molecule has 30 heavy (non-hydrogen) atoms. The molecule has 4 unspecified atom stereocenters. The zero-order valence-corrected chi connectivity index (χ0v) is 16.7. The highest BCUT2D eigenvalue weighted by molar-refractivity contribution is 5.90. The van der Waals surface area contributed by atoms with E-state index in [0.29, 0.717) is 11.1 Å². The van der Waals surface area contributed by atoms with Crippen LogP contribution in [-0.2, 0) is 9.47 Å². The van der Waals surface area contributed by atoms with Crippen LogP contribution in [0.25, 0.3) is 0 Å². The Morgan fingerprint density at radius 1 is 0.700 bits per heavy atom. The molecule has 0 spiro atoms. The second-order valence-corrected chi connectivity index (χ2v) is 8.05. The van der Waals surface area contributed by atoms with E-state index in [-0.39, 0.29) is 23.8 Å². The third kappa shape index (κ3) is 3.18. The van der Waals surface area contributed by atoms with Crippen LogP contribution in [0.1, 0.15) is 55.7 Å². The quantitative estimate of drug-likeness (QED) is 0.579. The van der Waals surface area contributed by atoms with Gasteiger partial charge in [0.15, 0.2) is 0 Å². The summed E-state index contributed by atoms with van der Waals surface area (Å²) in [6.45, 7) is 2.06. The summed E-state index contributed by atoms with van der Waals surface area (Å²) in [5, 5.41) is 0. The largest absolute Gasteiger partial charge is 0.454 e. The Morgan fingerprint density at radius 3 is 1.73 bits per heavy atom. The Balaban J connectivity index is 1.46. The van der Waals surface area contributed by atoms with Gasteiger partial charge in [-0.1, -0.05) is 60.2 Å². The number of fused-ring (bicyclic) bond motifs is 5. The molecule has 1 fully saturated rings. The Kier molecular flexibility index (Phi) is 4.62. The lowest BCUT2D eigenvalue weighted by Gasteiger charge is -2.32. The van der Waals surface area contributed by atoms with E-state index in [1.165, 1.54) is 16.7 Å². The van der Waals surface area contributed by atoms with Crippen LogP contribution in [0.5, 0.6) is 0 Å². The summed E-state index contributed by atoms with van der Waals surface area (Å²) in [5.41, 5.74) is 4.57. The standard InChI is InChI=1S/C26H22O4/c1-16-12-13-19-20(14-16)22-15-21(19)23(29-25(27)17-8-4-2-5-9-17)24(22)30-26(28)18-10-6-3-7-11-18/h2-14,21-24H,15H2,1H3. The first-order valence-electron chi connectivity index (χ1n) is 10.2. The topological polar surface area (TPSA) is 52.6 Å². The highest BCUT2D eigenvalue weighted by Gasteiger charge is 2.55. The first kappa shape index (κ1) is 18.6. The van der Waals surface area contributed by atoms with Gasteiger partial charge in [0.05, 0.1) is 11.1 Å². The molecule has 0 aromatic heterocycles. The molecule has 4 atom stereocenters. The van der Waals surface area contributed by atoms with Crippen LogP contribution in [0.4, 0.5) is 0 Å². The lowest BCUT2D eigenvalue weighted by molar-refractivity contribution is -0.0348. The van der Waals surface area contributed by atoms with Crippen LogP contribution in [0.2, 0.25) is 0 Å². The molecule has 0 radical (unpaired) electrons. The minimum Gasteiger partial charge on any atom is -0.454 e. The molecule has 0 heterocycles. The fourth-order valence-corrected chi connectivity index (χ4v) is 4.79. The molecule has 0 aliphatic heterocycles. The Hall–Kier alpha value is -3.40. The van der Waals surface area contributed by atoms with Gasteiger partial charge < -0.3 is 9.47 Å². The molecule has 2 aliphatic rings. The van der Waals surface area contributed by atoms with E-state index in [9.17, 15) is 9.59 Å². The van der Waals surface area contributed by atoms with E-state index >= 15 is 0 Å². The van der Waals surface area contributed by atoms with Crippen molar-refractivity contribution in [2.24, 2.45) is 0 Å². The summed E-state index contributed by atoms with van der Waals surface area (Å²) in [6.07, 6.45) is -0.173. The highest BCUT2D eigenvalue weighted by atomic mass is 16.6. The molecule has 150 valence electrons. The van der Waals surface area contributed by atoms with Gasteiger partial charge in [-0.3, -0.25) is 0 Å². The normalized spacial score (nSPS) is 23.6. The van der Waals surface area contributed by atoms with Gasteiger partial charge in [0.1, 0.15) is 12.2 Å². The molecule has 2 bridgehead atoms. The zero-order chi connectivity index (χ0) is 20.7. The predicted molar refractivity (Wildman–Crippen MR) is 113 cm³/mol. The molecule has 0 saturated heterocycles. The van der Waals surface area contributed by atoms with Crippen LogP contribution >= 0.6 is 0 Å². The van der Waals surface area contributed by atoms with Crippen molar-refractivity contribution < 1.29 is 19.1 Å². The van der Waals surface area contributed by atoms with Gasteiger partial charge in [0.25, 0.3) is 0 Å². The van der Waals surface area contributed by atoms with Gasteiger partial charge in [-0.25, -0.2) is 9.59 Å². The number of esters is 2. The fourth-order valence-electron chi connectivity index (χ4n) is 4.79. The number of carbonyl (C=O) groups is 2. The smallest absolute Gasteiger partial charge is 0.338 e. The van der Waals surface area contributed by atoms with Crippen molar-refractivity contribution in [1.29, 1.82) is 0 Å². The first-order chi connectivity index (χ1) is 14.6. The lowest BCUT2D eigenvalue weighted by Crippen LogP contribution is -2.39. The first-order valence-corrected chi connectivity index (χ1v) is 10.2. The van der Waals surface area contributed by atoms with Crippen LogP contribution in [-0.4, -0.2) is 24.1 Å². The predicted octanol–water partition coefficient (Wildman–Crippen LogP) is 5.03.